The van der Waals surface area contributed by atoms with Gasteiger partial charge in [0.1, 0.15) is 17.7 Å². The number of allylic oxidation sites excluding steroid dienone is 1. The number of epoxide rings is 1. The number of fused-ring (bicyclic) bond motifs is 9. The highest BCUT2D eigenvalue weighted by Crippen LogP contribution is 2.80. The molecule has 2 saturated heterocycles. The van der Waals surface area contributed by atoms with Gasteiger partial charge in [-0.05, 0) is 214 Å². The molecule has 8 aliphatic carbocycles. The van der Waals surface area contributed by atoms with Crippen LogP contribution in [0.5, 0.6) is 0 Å². The van der Waals surface area contributed by atoms with Crippen molar-refractivity contribution in [1.82, 2.24) is 14.9 Å². The number of aliphatic hydroxyl groups is 4. The van der Waals surface area contributed by atoms with Crippen LogP contribution in [-0.2, 0) is 55.3 Å². The summed E-state index contributed by atoms with van der Waals surface area (Å²) in [4.78, 5) is 51.2. The van der Waals surface area contributed by atoms with Crippen LogP contribution in [0.15, 0.2) is 29.6 Å². The third kappa shape index (κ3) is 8.44. The number of benzene rings is 1. The predicted octanol–water partition coefficient (Wildman–Crippen LogP) is 11.8. The molecule has 464 valence electrons. The van der Waals surface area contributed by atoms with E-state index in [1.54, 1.807) is 0 Å². The molecule has 5 saturated carbocycles. The minimum atomic E-state index is -1.05. The van der Waals surface area contributed by atoms with Gasteiger partial charge in [0.15, 0.2) is 5.78 Å². The largest absolute Gasteiger partial charge is 0.393 e. The molecule has 0 amide bonds. The summed E-state index contributed by atoms with van der Waals surface area (Å²) in [7, 11) is 1.96. The second-order valence-corrected chi connectivity index (χ2v) is 32.8. The lowest BCUT2D eigenvalue weighted by molar-refractivity contribution is -0.262. The van der Waals surface area contributed by atoms with E-state index in [0.29, 0.717) is 115 Å². The summed E-state index contributed by atoms with van der Waals surface area (Å²) in [5, 5.41) is 55.4. The van der Waals surface area contributed by atoms with Crippen molar-refractivity contribution in [3.05, 3.63) is 68.6 Å². The van der Waals surface area contributed by atoms with Crippen molar-refractivity contribution in [2.45, 2.75) is 258 Å². The first-order chi connectivity index (χ1) is 40.3. The van der Waals surface area contributed by atoms with E-state index in [9.17, 15) is 20.4 Å². The molecule has 14 rings (SSSR count). The highest BCUT2D eigenvalue weighted by Gasteiger charge is 2.78. The summed E-state index contributed by atoms with van der Waals surface area (Å²) in [6, 6.07) is 2.48. The topological polar surface area (TPSA) is 187 Å². The number of ketones is 3. The van der Waals surface area contributed by atoms with Crippen molar-refractivity contribution in [2.75, 3.05) is 26.8 Å². The Morgan fingerprint density at radius 2 is 1.61 bits per heavy atom. The first-order valence-electron chi connectivity index (χ1n) is 34.2. The maximum absolute atomic E-state index is 16.3. The van der Waals surface area contributed by atoms with Gasteiger partial charge in [-0.3, -0.25) is 14.4 Å². The van der Waals surface area contributed by atoms with Crippen LogP contribution in [0, 0.1) is 68.0 Å². The zero-order valence-electron chi connectivity index (χ0n) is 53.3. The molecule has 3 aromatic rings. The number of aliphatic hydroxyl groups excluding tert-OH is 3. The summed E-state index contributed by atoms with van der Waals surface area (Å²) < 4.78 is 14.6. The number of aromatic amines is 1. The van der Waals surface area contributed by atoms with E-state index in [-0.39, 0.29) is 41.2 Å². The maximum Gasteiger partial charge on any atom is 0.160 e. The number of Topliss-reactive ketones (excluding diaryl/α,β-unsaturated/α-hetero) is 3. The van der Waals surface area contributed by atoms with Crippen molar-refractivity contribution in [2.24, 2.45) is 68.0 Å². The van der Waals surface area contributed by atoms with E-state index < -0.39 is 73.8 Å². The highest BCUT2D eigenvalue weighted by molar-refractivity contribution is 6.02. The van der Waals surface area contributed by atoms with Crippen LogP contribution in [0.3, 0.4) is 0 Å². The zero-order valence-corrected chi connectivity index (χ0v) is 53.3. The van der Waals surface area contributed by atoms with Gasteiger partial charge in [0, 0.05) is 91.6 Å². The number of carbonyl (C=O) groups excluding carboxylic acids is 3. The minimum Gasteiger partial charge on any atom is -0.393 e. The summed E-state index contributed by atoms with van der Waals surface area (Å²) in [5.74, 6) is 0.345. The summed E-state index contributed by atoms with van der Waals surface area (Å²) in [6.07, 6.45) is 18.4. The van der Waals surface area contributed by atoms with Crippen molar-refractivity contribution in [3.8, 4) is 0 Å². The number of rotatable bonds is 11. The number of aryl methyl sites for hydroxylation is 1. The second kappa shape index (κ2) is 20.3. The fourth-order valence-electron chi connectivity index (χ4n) is 23.2. The third-order valence-corrected chi connectivity index (χ3v) is 27.7. The molecular formula is C73H103N3O9. The number of hydrogen-bond donors (Lipinski definition) is 6. The standard InChI is InChI=1S/C73H103N3O9/c1-40(2)15-16-42-31-49-48(32-47-45-14-12-11-13-41(45)17-18-46(47)57(49)73(83)26-29-84-30-27-73)56(62(42)81)50-38-76-39-51-58-59(67(5,34-53(79)65-66(3,4)85-65)22-19-43-37-75-60(50)61(43)76)52(78)35-70(58,8)69(7)23-21-54-68(6,25-28-74-10)55(80)36-72(24-20-44(77)33-72)71(54,9)64(69)63(51)82/h32,37-38,40-42,44-45,51,53-54,56,63-65,74-75,77,79,82-83H,11-31,33-36,39H2,1-10H3/t41-,42-,44-,45-,51+,53+,54-,56+,63+,64-,65+,67-,68-,69-,70-,71+,72+/m0/s1. The van der Waals surface area contributed by atoms with Gasteiger partial charge in [-0.15, -0.1) is 0 Å². The van der Waals surface area contributed by atoms with E-state index in [4.69, 9.17) is 9.47 Å². The fraction of sp³-hybridized carbons (Fsp3) is 0.767. The number of nitrogens with one attached hydrogen (secondary N) is 2. The molecule has 7 fully saturated rings. The van der Waals surface area contributed by atoms with Gasteiger partial charge in [0.05, 0.1) is 46.5 Å². The van der Waals surface area contributed by atoms with Crippen molar-refractivity contribution >= 4 is 28.4 Å². The summed E-state index contributed by atoms with van der Waals surface area (Å²) in [5.41, 5.74) is 6.66. The lowest BCUT2D eigenvalue weighted by Crippen LogP contribution is -2.72. The molecule has 17 atom stereocenters. The van der Waals surface area contributed by atoms with Gasteiger partial charge < -0.3 is 44.8 Å². The molecule has 12 nitrogen and oxygen atoms in total. The molecule has 5 heterocycles. The first kappa shape index (κ1) is 59.2. The van der Waals surface area contributed by atoms with E-state index in [1.807, 2.05) is 20.9 Å². The smallest absolute Gasteiger partial charge is 0.160 e. The van der Waals surface area contributed by atoms with E-state index >= 15 is 14.4 Å². The quantitative estimate of drug-likeness (QED) is 0.101. The van der Waals surface area contributed by atoms with Gasteiger partial charge in [0.2, 0.25) is 0 Å². The number of carbonyl (C=O) groups is 3. The Kier molecular flexibility index (Phi) is 14.1. The average molecular weight is 1170 g/mol. The van der Waals surface area contributed by atoms with Crippen LogP contribution in [-0.4, -0.2) is 104 Å². The molecular weight excluding hydrogens is 1060 g/mol. The van der Waals surface area contributed by atoms with Gasteiger partial charge in [-0.25, -0.2) is 0 Å². The Morgan fingerprint density at radius 1 is 0.859 bits per heavy atom. The average Bonchev–Trinajstić information content (AvgIpc) is 1.66. The van der Waals surface area contributed by atoms with Crippen molar-refractivity contribution < 1.29 is 44.3 Å². The Bertz CT molecular complexity index is 3250. The molecule has 85 heavy (non-hydrogen) atoms. The molecule has 0 unspecified atom stereocenters. The van der Waals surface area contributed by atoms with Gasteiger partial charge in [-0.2, -0.15) is 0 Å². The van der Waals surface area contributed by atoms with Gasteiger partial charge in [0.25, 0.3) is 0 Å². The van der Waals surface area contributed by atoms with Gasteiger partial charge in [-0.1, -0.05) is 73.8 Å². The molecule has 2 aromatic heterocycles. The molecule has 6 N–H and O–H groups in total. The Labute approximate surface area is 506 Å². The number of hydrogen-bond acceptors (Lipinski definition) is 10. The molecule has 0 bridgehead atoms. The van der Waals surface area contributed by atoms with E-state index in [1.165, 1.54) is 36.0 Å². The van der Waals surface area contributed by atoms with E-state index in [2.05, 4.69) is 81.8 Å². The number of nitrogens with zero attached hydrogens (tertiary/aromatic N) is 1. The van der Waals surface area contributed by atoms with Crippen LogP contribution in [0.1, 0.15) is 235 Å². The van der Waals surface area contributed by atoms with Crippen molar-refractivity contribution in [1.29, 1.82) is 0 Å². The second-order valence-electron chi connectivity index (χ2n) is 32.8. The molecule has 1 aromatic carbocycles. The highest BCUT2D eigenvalue weighted by atomic mass is 16.6. The van der Waals surface area contributed by atoms with Crippen molar-refractivity contribution in [3.63, 3.8) is 0 Å². The SMILES string of the molecule is CNCC[C@]1(C)C(=O)C[C@]2(CC[C@H](O)C2)[C@@]2(C)[C@H]3[C@H](O)[C@@H]4Cn5cc([C@@H]6C(=O)[C@@H](CCC(C)C)Cc7c6cc6c(c7C7(O)CCOCC7)CC[C@@H]7CCCC[C@H]67)c6[nH]cc(c65)CC[C@@](C)(C[C@@H](O)[C@H]5OC5(C)C)C5=C4[C@](C)(CC5=O)[C@@]3(C)CC[C@H]21. The zero-order chi connectivity index (χ0) is 59.9. The van der Waals surface area contributed by atoms with Crippen LogP contribution in [0.2, 0.25) is 0 Å². The third-order valence-electron chi connectivity index (χ3n) is 27.7. The molecule has 3 aliphatic heterocycles. The molecule has 0 radical (unpaired) electrons. The van der Waals surface area contributed by atoms with Crippen LogP contribution in [0.4, 0.5) is 0 Å². The number of aromatic nitrogens is 2. The summed E-state index contributed by atoms with van der Waals surface area (Å²) >= 11 is 0. The lowest BCUT2D eigenvalue weighted by Gasteiger charge is -2.74. The van der Waals surface area contributed by atoms with Crippen LogP contribution < -0.4 is 5.32 Å². The summed E-state index contributed by atoms with van der Waals surface area (Å²) in [6.45, 7) is 22.3. The molecule has 1 spiro atoms. The predicted molar refractivity (Wildman–Crippen MR) is 329 cm³/mol. The monoisotopic (exact) mass is 1170 g/mol. The lowest BCUT2D eigenvalue weighted by atomic mass is 9.30. The normalized spacial score (nSPS) is 42.0. The molecule has 11 aliphatic rings. The van der Waals surface area contributed by atoms with E-state index in [0.717, 1.165) is 95.8 Å². The fourth-order valence-corrected chi connectivity index (χ4v) is 23.2. The first-order valence-corrected chi connectivity index (χ1v) is 34.2. The Balaban J connectivity index is 0.986. The minimum absolute atomic E-state index is 0.0546. The van der Waals surface area contributed by atoms with Gasteiger partial charge >= 0.3 is 0 Å². The Hall–Kier alpha value is -3.49. The molecule has 12 heteroatoms. The number of ether oxygens (including phenoxy) is 2. The Morgan fingerprint density at radius 3 is 2.32 bits per heavy atom. The van der Waals surface area contributed by atoms with Crippen LogP contribution in [0.25, 0.3) is 11.0 Å². The number of H-pyrrole nitrogens is 1. The maximum atomic E-state index is 16.3. The van der Waals surface area contributed by atoms with Crippen LogP contribution >= 0.6 is 0 Å².